The van der Waals surface area contributed by atoms with Crippen molar-refractivity contribution in [2.45, 2.75) is 13.8 Å². The second kappa shape index (κ2) is 14.1. The summed E-state index contributed by atoms with van der Waals surface area (Å²) in [6, 6.07) is 74.3. The van der Waals surface area contributed by atoms with Gasteiger partial charge in [0.15, 0.2) is 0 Å². The van der Waals surface area contributed by atoms with Crippen molar-refractivity contribution in [1.29, 1.82) is 0 Å². The van der Waals surface area contributed by atoms with Crippen LogP contribution in [0.25, 0.3) is 82.8 Å². The fourth-order valence-electron chi connectivity index (χ4n) is 9.06. The Labute approximate surface area is 343 Å². The van der Waals surface area contributed by atoms with Gasteiger partial charge in [-0.2, -0.15) is 0 Å². The first kappa shape index (κ1) is 34.6. The Kier molecular flexibility index (Phi) is 8.27. The van der Waals surface area contributed by atoms with Crippen LogP contribution in [0, 0.1) is 13.8 Å². The van der Waals surface area contributed by atoms with Gasteiger partial charge in [0.05, 0.1) is 16.7 Å². The predicted octanol–water partition coefficient (Wildman–Crippen LogP) is 15.8. The van der Waals surface area contributed by atoms with Gasteiger partial charge in [0.25, 0.3) is 0 Å². The number of fused-ring (bicyclic) bond motifs is 6. The van der Waals surface area contributed by atoms with Gasteiger partial charge in [-0.3, -0.25) is 0 Å². The topological polar surface area (TPSA) is 21.3 Å². The molecule has 0 aliphatic heterocycles. The molecule has 0 saturated heterocycles. The van der Waals surface area contributed by atoms with Crippen molar-refractivity contribution in [1.82, 2.24) is 4.57 Å². The van der Waals surface area contributed by atoms with E-state index in [2.05, 4.69) is 230 Å². The minimum Gasteiger partial charge on any atom is -0.455 e. The number of para-hydroxylation sites is 4. The van der Waals surface area contributed by atoms with Gasteiger partial charge in [0.1, 0.15) is 11.2 Å². The fourth-order valence-corrected chi connectivity index (χ4v) is 9.06. The SMILES string of the molecule is Cc1ccccc1N(c1cc(-c2ccc(-n3c4ccccc4c4ccccc43)cc2)c2oc3ccccc3c2c1)c1c(C)cc(-c2ccccc2)cc1-c1ccccc1. The highest BCUT2D eigenvalue weighted by Gasteiger charge is 2.25. The molecule has 2 aromatic heterocycles. The van der Waals surface area contributed by atoms with E-state index >= 15 is 0 Å². The monoisotopic (exact) mass is 756 g/mol. The van der Waals surface area contributed by atoms with E-state index in [9.17, 15) is 0 Å². The molecule has 3 heteroatoms. The van der Waals surface area contributed by atoms with E-state index in [1.165, 1.54) is 49.6 Å². The lowest BCUT2D eigenvalue weighted by molar-refractivity contribution is 0.670. The standard InChI is InChI=1S/C56H40N2O/c1-37-17-9-13-25-51(37)58(55-38(2)33-42(39-18-5-3-6-19-39)34-48(55)40-20-7-4-8-21-40)44-35-49(56-50(36-44)47-24-12-16-28-54(47)59-56)41-29-31-43(32-30-41)57-52-26-14-10-22-45(52)46-23-11-15-27-53(46)57/h3-36H,1-2H3. The van der Waals surface area contributed by atoms with Crippen LogP contribution in [0.15, 0.2) is 211 Å². The number of rotatable bonds is 7. The molecule has 0 aliphatic carbocycles. The summed E-state index contributed by atoms with van der Waals surface area (Å²) < 4.78 is 9.15. The molecule has 0 radical (unpaired) electrons. The fraction of sp³-hybridized carbons (Fsp3) is 0.0357. The summed E-state index contributed by atoms with van der Waals surface area (Å²) in [5.41, 5.74) is 17.8. The molecule has 0 amide bonds. The molecule has 3 nitrogen and oxygen atoms in total. The van der Waals surface area contributed by atoms with E-state index in [1.54, 1.807) is 0 Å². The van der Waals surface area contributed by atoms with Gasteiger partial charge < -0.3 is 13.9 Å². The predicted molar refractivity (Wildman–Crippen MR) is 249 cm³/mol. The number of furan rings is 1. The van der Waals surface area contributed by atoms with Gasteiger partial charge in [-0.05, 0) is 108 Å². The van der Waals surface area contributed by atoms with Gasteiger partial charge in [-0.1, -0.05) is 146 Å². The zero-order valence-electron chi connectivity index (χ0n) is 32.9. The molecule has 0 saturated carbocycles. The Morgan fingerprint density at radius 1 is 0.407 bits per heavy atom. The smallest absolute Gasteiger partial charge is 0.143 e. The van der Waals surface area contributed by atoms with Crippen LogP contribution in [-0.2, 0) is 0 Å². The van der Waals surface area contributed by atoms with Crippen LogP contribution in [0.2, 0.25) is 0 Å². The summed E-state index contributed by atoms with van der Waals surface area (Å²) >= 11 is 0. The van der Waals surface area contributed by atoms with Gasteiger partial charge in [0, 0.05) is 49.7 Å². The Morgan fingerprint density at radius 3 is 1.68 bits per heavy atom. The third kappa shape index (κ3) is 5.82. The highest BCUT2D eigenvalue weighted by Crippen LogP contribution is 2.49. The Hall–Kier alpha value is -7.62. The van der Waals surface area contributed by atoms with Crippen LogP contribution in [0.3, 0.4) is 0 Å². The van der Waals surface area contributed by atoms with Crippen LogP contribution in [0.1, 0.15) is 11.1 Å². The quantitative estimate of drug-likeness (QED) is 0.161. The molecule has 0 unspecified atom stereocenters. The first-order valence-corrected chi connectivity index (χ1v) is 20.3. The van der Waals surface area contributed by atoms with Crippen LogP contribution >= 0.6 is 0 Å². The van der Waals surface area contributed by atoms with Crippen molar-refractivity contribution < 1.29 is 4.42 Å². The average molecular weight is 757 g/mol. The first-order valence-electron chi connectivity index (χ1n) is 20.3. The van der Waals surface area contributed by atoms with Crippen LogP contribution in [0.4, 0.5) is 17.1 Å². The van der Waals surface area contributed by atoms with E-state index < -0.39 is 0 Å². The van der Waals surface area contributed by atoms with Crippen LogP contribution in [-0.4, -0.2) is 4.57 Å². The second-order valence-electron chi connectivity index (χ2n) is 15.4. The number of aromatic nitrogens is 1. The van der Waals surface area contributed by atoms with Crippen molar-refractivity contribution in [3.8, 4) is 39.1 Å². The Bertz CT molecular complexity index is 3280. The molecular weight excluding hydrogens is 717 g/mol. The zero-order valence-corrected chi connectivity index (χ0v) is 32.9. The molecule has 11 rings (SSSR count). The summed E-state index contributed by atoms with van der Waals surface area (Å²) in [5.74, 6) is 0. The lowest BCUT2D eigenvalue weighted by Gasteiger charge is -2.31. The van der Waals surface area contributed by atoms with Gasteiger partial charge in [-0.15, -0.1) is 0 Å². The van der Waals surface area contributed by atoms with Crippen molar-refractivity contribution in [2.75, 3.05) is 4.90 Å². The van der Waals surface area contributed by atoms with E-state index in [-0.39, 0.29) is 0 Å². The van der Waals surface area contributed by atoms with E-state index in [0.717, 1.165) is 61.4 Å². The molecule has 0 N–H and O–H groups in total. The molecule has 59 heavy (non-hydrogen) atoms. The maximum Gasteiger partial charge on any atom is 0.143 e. The summed E-state index contributed by atoms with van der Waals surface area (Å²) in [5, 5.41) is 4.68. The Balaban J connectivity index is 1.16. The maximum atomic E-state index is 6.78. The summed E-state index contributed by atoms with van der Waals surface area (Å²) in [7, 11) is 0. The van der Waals surface area contributed by atoms with Gasteiger partial charge in [0.2, 0.25) is 0 Å². The largest absolute Gasteiger partial charge is 0.455 e. The lowest BCUT2D eigenvalue weighted by Crippen LogP contribution is -2.14. The third-order valence-corrected chi connectivity index (χ3v) is 11.8. The van der Waals surface area contributed by atoms with E-state index in [1.807, 2.05) is 0 Å². The van der Waals surface area contributed by atoms with Crippen molar-refractivity contribution in [3.63, 3.8) is 0 Å². The molecule has 0 fully saturated rings. The van der Waals surface area contributed by atoms with E-state index in [0.29, 0.717) is 0 Å². The molecule has 280 valence electrons. The average Bonchev–Trinajstić information content (AvgIpc) is 3.84. The minimum absolute atomic E-state index is 0.874. The lowest BCUT2D eigenvalue weighted by atomic mass is 9.92. The number of benzene rings is 9. The number of hydrogen-bond donors (Lipinski definition) is 0. The number of anilines is 3. The Morgan fingerprint density at radius 2 is 0.983 bits per heavy atom. The number of nitrogens with zero attached hydrogens (tertiary/aromatic N) is 2. The zero-order chi connectivity index (χ0) is 39.5. The van der Waals surface area contributed by atoms with E-state index in [4.69, 9.17) is 4.42 Å². The summed E-state index contributed by atoms with van der Waals surface area (Å²) in [6.45, 7) is 4.46. The third-order valence-electron chi connectivity index (χ3n) is 11.8. The highest BCUT2D eigenvalue weighted by atomic mass is 16.3. The second-order valence-corrected chi connectivity index (χ2v) is 15.4. The molecule has 11 aromatic rings. The minimum atomic E-state index is 0.874. The molecular formula is C56H40N2O. The number of hydrogen-bond acceptors (Lipinski definition) is 2. The summed E-state index contributed by atoms with van der Waals surface area (Å²) in [6.07, 6.45) is 0. The van der Waals surface area contributed by atoms with Crippen LogP contribution < -0.4 is 4.90 Å². The molecule has 9 aromatic carbocycles. The molecule has 0 aliphatic rings. The molecule has 0 bridgehead atoms. The first-order chi connectivity index (χ1) is 29.1. The molecule has 2 heterocycles. The molecule has 0 atom stereocenters. The maximum absolute atomic E-state index is 6.78. The highest BCUT2D eigenvalue weighted by molar-refractivity contribution is 6.12. The van der Waals surface area contributed by atoms with Gasteiger partial charge in [-0.25, -0.2) is 0 Å². The van der Waals surface area contributed by atoms with Crippen molar-refractivity contribution in [3.05, 3.63) is 217 Å². The number of aryl methyl sites for hydroxylation is 2. The summed E-state index contributed by atoms with van der Waals surface area (Å²) in [4.78, 5) is 2.47. The van der Waals surface area contributed by atoms with Crippen LogP contribution in [0.5, 0.6) is 0 Å². The van der Waals surface area contributed by atoms with Crippen molar-refractivity contribution in [2.24, 2.45) is 0 Å². The molecule has 0 spiro atoms. The normalized spacial score (nSPS) is 11.6. The van der Waals surface area contributed by atoms with Crippen molar-refractivity contribution >= 4 is 60.8 Å². The van der Waals surface area contributed by atoms with Gasteiger partial charge >= 0.3 is 0 Å².